The number of nitrogens with two attached hydrogens (primary N) is 2. The number of ether oxygens (including phenoxy) is 15. The molecule has 0 bridgehead atoms. The Morgan fingerprint density at radius 2 is 0.779 bits per heavy atom. The number of rotatable bonds is 31. The van der Waals surface area contributed by atoms with Gasteiger partial charge in [-0.15, -0.1) is 0 Å². The second-order valence-electron chi connectivity index (χ2n) is 26.3. The van der Waals surface area contributed by atoms with Gasteiger partial charge in [0.05, 0.1) is 60.8 Å². The van der Waals surface area contributed by atoms with Gasteiger partial charge in [-0.25, -0.2) is 26.4 Å². The molecule has 9 N–H and O–H groups in total. The molecule has 0 aromatic heterocycles. The third-order valence-electron chi connectivity index (χ3n) is 16.9. The second kappa shape index (κ2) is 58.6. The van der Waals surface area contributed by atoms with Gasteiger partial charge in [0.2, 0.25) is 31.1 Å². The number of aliphatic hydroxyl groups excluding tert-OH is 5. The first-order valence-electron chi connectivity index (χ1n) is 36.6. The molecule has 0 radical (unpaired) electrons. The first-order valence-corrected chi connectivity index (χ1v) is 41.7. The number of hydrogen-bond acceptors (Lipinski definition) is 45. The van der Waals surface area contributed by atoms with Crippen LogP contribution in [0.1, 0.15) is 147 Å². The fourth-order valence-electron chi connectivity index (χ4n) is 11.3. The number of benzene rings is 2. The van der Waals surface area contributed by atoms with E-state index >= 15 is 0 Å². The van der Waals surface area contributed by atoms with Gasteiger partial charge in [0, 0.05) is 120 Å². The van der Waals surface area contributed by atoms with Crippen LogP contribution in [0, 0.1) is 38.0 Å². The van der Waals surface area contributed by atoms with Crippen molar-refractivity contribution in [3.05, 3.63) is 68.8 Å². The summed E-state index contributed by atoms with van der Waals surface area (Å²) in [6.45, 7) is 17.9. The number of aliphatic hydroxyl groups is 5. The van der Waals surface area contributed by atoms with E-state index in [4.69, 9.17) is 88.8 Å². The summed E-state index contributed by atoms with van der Waals surface area (Å²) in [6, 6.07) is 9.79. The van der Waals surface area contributed by atoms with Gasteiger partial charge in [-0.2, -0.15) is 18.6 Å². The average Bonchev–Trinajstić information content (AvgIpc) is 0.793. The predicted octanol–water partition coefficient (Wildman–Crippen LogP) is -3.82. The van der Waals surface area contributed by atoms with Gasteiger partial charge < -0.3 is 111 Å². The number of hydrogen-bond donors (Lipinski definition) is 7. The monoisotopic (exact) mass is 1850 g/mol. The number of carbonyl (C=O) groups is 10. The molecule has 2 aromatic rings. The molecule has 122 heavy (non-hydrogen) atoms. The molecule has 4 aliphatic rings. The van der Waals surface area contributed by atoms with Crippen molar-refractivity contribution >= 4 is 113 Å². The van der Waals surface area contributed by atoms with E-state index < -0.39 is 210 Å². The van der Waals surface area contributed by atoms with Crippen molar-refractivity contribution in [2.75, 3.05) is 30.4 Å². The smallest absolute Gasteiger partial charge is 0.748 e. The van der Waals surface area contributed by atoms with Crippen LogP contribution in [0.4, 0.5) is 21.0 Å². The van der Waals surface area contributed by atoms with Crippen LogP contribution in [0.15, 0.2) is 48.5 Å². The Bertz CT molecular complexity index is 3990. The molecule has 6 rings (SSSR count). The van der Waals surface area contributed by atoms with Crippen LogP contribution >= 0.6 is 11.6 Å². The molecule has 0 saturated carbocycles. The van der Waals surface area contributed by atoms with Crippen molar-refractivity contribution < 1.29 is 252 Å². The zero-order chi connectivity index (χ0) is 91.9. The fourth-order valence-corrected chi connectivity index (χ4v) is 13.1. The van der Waals surface area contributed by atoms with Crippen molar-refractivity contribution in [1.82, 2.24) is 0 Å². The predicted molar refractivity (Wildman–Crippen MR) is 401 cm³/mol. The largest absolute Gasteiger partial charge is 1.00 e. The van der Waals surface area contributed by atoms with Crippen LogP contribution in [-0.2, 0) is 135 Å². The minimum absolute atomic E-state index is 0. The van der Waals surface area contributed by atoms with E-state index in [1.807, 2.05) is 27.7 Å². The molecule has 47 nitrogen and oxygen atoms in total. The van der Waals surface area contributed by atoms with Gasteiger partial charge in [-0.05, 0) is 82.2 Å². The van der Waals surface area contributed by atoms with Crippen LogP contribution in [0.3, 0.4) is 0 Å². The Morgan fingerprint density at radius 1 is 0.451 bits per heavy atom. The number of halogens is 1. The van der Waals surface area contributed by atoms with Gasteiger partial charge >= 0.3 is 118 Å². The van der Waals surface area contributed by atoms with E-state index in [1.165, 1.54) is 71.0 Å². The summed E-state index contributed by atoms with van der Waals surface area (Å²) < 4.78 is 165. The van der Waals surface area contributed by atoms with E-state index in [0.717, 1.165) is 19.1 Å². The molecule has 0 aliphatic carbocycles. The number of unbranched alkanes of at least 4 members (excludes halogenated alkanes) is 2. The zero-order valence-electron chi connectivity index (χ0n) is 69.2. The van der Waals surface area contributed by atoms with Gasteiger partial charge in [-0.1, -0.05) is 41.5 Å². The Kier molecular flexibility index (Phi) is 56.3. The van der Waals surface area contributed by atoms with Gasteiger partial charge in [-0.3, -0.25) is 58.6 Å². The molecule has 0 spiro atoms. The third-order valence-corrected chi connectivity index (χ3v) is 19.6. The number of nitro groups is 2. The number of nitrogens with zero attached hydrogens (tertiary/aromatic N) is 2. The topological polar surface area (TPSA) is 706 Å². The molecular formula is C69H103ClN4Na2O43S3. The standard InChI is InChI=1S/C19H23NO10.C17H28O10S.C12H20O6.C11H21NO10S.C7H4ClNO4.C3H9NO3S.2Na/c1-5-15-10(2)16(26-11(3)21)17(27-12(4)22)18(29-15)30-19(23)28-14-8-6-13(7-9-14)20(24)25;1-5-13-10(2)15(24-11(3)18)16(25-12(4)19)17(26-13)27-14(20)8-6-7-9-28(21,22)23;1-5-9-6(2)10(16-7(3)13)11(12(15)18-9)17-8(4)14;12-22-23(18,19)4-2-1-3-7(14)21-11-10(17)9(16)8(15)6(5-13)20-11;8-7(10)13-6-3-1-5(2-4-6)9(11)12;4-2-1-3-8(5,6)7;;/h6-10,15-18H,5H2,1-4H3;10,13,15-17H,5-9H2,1-4H3,(H,21,22,23);6,9-12,15H,5H2,1-4H3;6,8-11,13,15-17H,1-5,12H2;1-4H;1-4H2,(H,5,6,7);;/q;;;;;;2*+1/p-2/t10-,15-,16+,17-,18?;10-,13-,15+,16-,17?;6-,9-,10+,11-,12?;6-,8-,9+,10-,11?;;;;/m1111..../s1. The average molecular weight is 1850 g/mol. The maximum absolute atomic E-state index is 12.2. The molecule has 684 valence electrons. The summed E-state index contributed by atoms with van der Waals surface area (Å²) >= 11 is 4.92. The quantitative estimate of drug-likeness (QED) is 0.00438. The van der Waals surface area contributed by atoms with Gasteiger partial charge in [0.1, 0.15) is 54.2 Å². The van der Waals surface area contributed by atoms with Crippen LogP contribution in [0.25, 0.3) is 0 Å². The first kappa shape index (κ1) is 117. The maximum Gasteiger partial charge on any atom is 1.00 e. The fraction of sp³-hybridized carbons (Fsp3) is 0.681. The van der Waals surface area contributed by atoms with Crippen LogP contribution in [0.2, 0.25) is 0 Å². The molecule has 4 fully saturated rings. The van der Waals surface area contributed by atoms with E-state index in [-0.39, 0.29) is 169 Å². The number of esters is 8. The molecule has 2 aromatic carbocycles. The Balaban J connectivity index is 0. The molecule has 0 amide bonds. The van der Waals surface area contributed by atoms with E-state index in [9.17, 15) is 123 Å². The van der Waals surface area contributed by atoms with Crippen molar-refractivity contribution in [2.24, 2.45) is 29.4 Å². The molecular weight excluding hydrogens is 1750 g/mol. The number of non-ortho nitro benzene ring substituents is 2. The summed E-state index contributed by atoms with van der Waals surface area (Å²) in [4.78, 5) is 134. The number of carbonyl (C=O) groups excluding carboxylic acids is 10. The Hall–Kier alpha value is -6.68. The maximum atomic E-state index is 12.2. The summed E-state index contributed by atoms with van der Waals surface area (Å²) in [7, 11) is -12.2. The van der Waals surface area contributed by atoms with Crippen molar-refractivity contribution in [2.45, 2.75) is 252 Å². The van der Waals surface area contributed by atoms with Crippen molar-refractivity contribution in [3.63, 3.8) is 0 Å². The minimum atomic E-state index is -4.34. The number of nitro benzene ring substituents is 2. The van der Waals surface area contributed by atoms with Gasteiger partial charge in [0.15, 0.2) is 12.4 Å². The summed E-state index contributed by atoms with van der Waals surface area (Å²) in [5, 5.41) is 68.5. The normalized spacial score (nSPS) is 25.7. The summed E-state index contributed by atoms with van der Waals surface area (Å²) in [5.41, 5.74) is 3.70. The van der Waals surface area contributed by atoms with Crippen molar-refractivity contribution in [3.8, 4) is 11.5 Å². The molecule has 4 aliphatic heterocycles. The Labute approximate surface area is 751 Å². The Morgan fingerprint density at radius 3 is 1.11 bits per heavy atom. The zero-order valence-corrected chi connectivity index (χ0v) is 76.4. The minimum Gasteiger partial charge on any atom is -0.748 e. The van der Waals surface area contributed by atoms with Crippen LogP contribution in [-0.4, -0.2) is 264 Å². The van der Waals surface area contributed by atoms with Crippen LogP contribution < -0.4 is 80.2 Å². The first-order chi connectivity index (χ1) is 55.8. The summed E-state index contributed by atoms with van der Waals surface area (Å²) in [5.74, 6) is -2.41. The second-order valence-corrected chi connectivity index (χ2v) is 31.4. The molecule has 4 heterocycles. The van der Waals surface area contributed by atoms with Crippen molar-refractivity contribution in [1.29, 1.82) is 0 Å². The summed E-state index contributed by atoms with van der Waals surface area (Å²) in [6.07, 6.45) is -17.5. The van der Waals surface area contributed by atoms with E-state index in [2.05, 4.69) is 14.9 Å². The van der Waals surface area contributed by atoms with E-state index in [1.54, 1.807) is 13.8 Å². The van der Waals surface area contributed by atoms with Gasteiger partial charge in [0.25, 0.3) is 21.5 Å². The van der Waals surface area contributed by atoms with E-state index in [0.29, 0.717) is 19.3 Å². The SMILES string of the molecule is CC[C@H]1OC(O)[C@H](OC(C)=O)[C@@H](OC(C)=O)[C@@H]1C.CC[C@H]1OC(OC(=O)CCCCS(=O)(=O)[O-])[C@H](OC(C)=O)[C@@H](OC(C)=O)[C@@H]1C.CC[C@H]1OC(OC(=O)Oc2ccc([N+](=O)[O-])cc2)[C@H](OC(C)=O)[C@@H](OC(C)=O)[C@@H]1C.NCCCS(=O)(=O)[O-].NOS(=O)(=O)CCCCC(=O)OC1O[C@H](CO)[C@@H](O)[C@H](O)[C@H]1O.O=C(Cl)Oc1ccc([N+](=O)[O-])cc1.[Na+].[Na+]. The molecule has 4 saturated heterocycles. The van der Waals surface area contributed by atoms with Crippen LogP contribution in [0.5, 0.6) is 11.5 Å². The third kappa shape index (κ3) is 45.5. The molecule has 53 heteroatoms. The molecule has 20 atom stereocenters. The molecule has 4 unspecified atom stereocenters.